The van der Waals surface area contributed by atoms with Gasteiger partial charge in [0.15, 0.2) is 0 Å². The maximum atomic E-state index is 12.9. The van der Waals surface area contributed by atoms with E-state index < -0.39 is 0 Å². The average molecular weight is 290 g/mol. The SMILES string of the molecule is Cc1nn(CC(=O)N(C)Cc2ccc(F)cc2)c(C)c1N. The van der Waals surface area contributed by atoms with Crippen LogP contribution in [0.5, 0.6) is 0 Å². The third-order valence-corrected chi connectivity index (χ3v) is 3.48. The standard InChI is InChI=1S/C15H19FN4O/c1-10-15(17)11(2)20(18-10)9-14(21)19(3)8-12-4-6-13(16)7-5-12/h4-7H,8-9,17H2,1-3H3. The lowest BCUT2D eigenvalue weighted by Crippen LogP contribution is -2.30. The fourth-order valence-corrected chi connectivity index (χ4v) is 2.07. The molecule has 5 nitrogen and oxygen atoms in total. The maximum absolute atomic E-state index is 12.9. The van der Waals surface area contributed by atoms with Crippen molar-refractivity contribution in [2.75, 3.05) is 12.8 Å². The number of nitrogen functional groups attached to an aromatic ring is 1. The van der Waals surface area contributed by atoms with Crippen LogP contribution in [-0.2, 0) is 17.9 Å². The molecule has 0 unspecified atom stereocenters. The van der Waals surface area contributed by atoms with Crippen molar-refractivity contribution in [3.8, 4) is 0 Å². The lowest BCUT2D eigenvalue weighted by atomic mass is 10.2. The summed E-state index contributed by atoms with van der Waals surface area (Å²) in [6.07, 6.45) is 0. The molecule has 0 bridgehead atoms. The Morgan fingerprint density at radius 1 is 1.33 bits per heavy atom. The summed E-state index contributed by atoms with van der Waals surface area (Å²) in [5.74, 6) is -0.365. The first-order valence-electron chi connectivity index (χ1n) is 6.66. The van der Waals surface area contributed by atoms with E-state index in [2.05, 4.69) is 5.10 Å². The first kappa shape index (κ1) is 15.0. The largest absolute Gasteiger partial charge is 0.396 e. The number of carbonyl (C=O) groups excluding carboxylic acids is 1. The van der Waals surface area contributed by atoms with Crippen molar-refractivity contribution in [2.24, 2.45) is 0 Å². The molecule has 0 saturated carbocycles. The van der Waals surface area contributed by atoms with Crippen molar-refractivity contribution in [3.05, 3.63) is 47.0 Å². The summed E-state index contributed by atoms with van der Waals surface area (Å²) in [4.78, 5) is 13.8. The van der Waals surface area contributed by atoms with Crippen LogP contribution in [0.25, 0.3) is 0 Å². The molecule has 112 valence electrons. The monoisotopic (exact) mass is 290 g/mol. The topological polar surface area (TPSA) is 64.2 Å². The number of carbonyl (C=O) groups is 1. The van der Waals surface area contributed by atoms with Gasteiger partial charge >= 0.3 is 0 Å². The zero-order valence-corrected chi connectivity index (χ0v) is 12.4. The summed E-state index contributed by atoms with van der Waals surface area (Å²) in [6, 6.07) is 6.10. The van der Waals surface area contributed by atoms with Gasteiger partial charge in [-0.1, -0.05) is 12.1 Å². The zero-order valence-electron chi connectivity index (χ0n) is 12.4. The van der Waals surface area contributed by atoms with Crippen molar-refractivity contribution in [1.82, 2.24) is 14.7 Å². The quantitative estimate of drug-likeness (QED) is 0.935. The molecular formula is C15H19FN4O. The van der Waals surface area contributed by atoms with Gasteiger partial charge in [-0.2, -0.15) is 5.10 Å². The molecule has 0 aliphatic rings. The summed E-state index contributed by atoms with van der Waals surface area (Å²) >= 11 is 0. The summed E-state index contributed by atoms with van der Waals surface area (Å²) < 4.78 is 14.5. The van der Waals surface area contributed by atoms with E-state index in [1.165, 1.54) is 12.1 Å². The van der Waals surface area contributed by atoms with Crippen molar-refractivity contribution >= 4 is 11.6 Å². The lowest BCUT2D eigenvalue weighted by Gasteiger charge is -2.17. The Morgan fingerprint density at radius 2 is 1.95 bits per heavy atom. The molecule has 0 radical (unpaired) electrons. The number of aromatic nitrogens is 2. The smallest absolute Gasteiger partial charge is 0.244 e. The minimum atomic E-state index is -0.286. The molecule has 2 aromatic rings. The normalized spacial score (nSPS) is 10.7. The van der Waals surface area contributed by atoms with Crippen LogP contribution >= 0.6 is 0 Å². The van der Waals surface area contributed by atoms with E-state index in [0.29, 0.717) is 12.2 Å². The van der Waals surface area contributed by atoms with Crippen molar-refractivity contribution in [1.29, 1.82) is 0 Å². The van der Waals surface area contributed by atoms with Crippen LogP contribution in [0, 0.1) is 19.7 Å². The summed E-state index contributed by atoms with van der Waals surface area (Å²) in [7, 11) is 1.71. The van der Waals surface area contributed by atoms with Gasteiger partial charge in [-0.15, -0.1) is 0 Å². The van der Waals surface area contributed by atoms with E-state index in [-0.39, 0.29) is 18.3 Å². The number of amides is 1. The second-order valence-electron chi connectivity index (χ2n) is 5.12. The van der Waals surface area contributed by atoms with Crippen molar-refractivity contribution in [2.45, 2.75) is 26.9 Å². The Hall–Kier alpha value is -2.37. The van der Waals surface area contributed by atoms with Gasteiger partial charge < -0.3 is 10.6 Å². The van der Waals surface area contributed by atoms with Gasteiger partial charge in [0, 0.05) is 13.6 Å². The molecule has 0 aliphatic heterocycles. The second-order valence-corrected chi connectivity index (χ2v) is 5.12. The number of hydrogen-bond acceptors (Lipinski definition) is 3. The molecule has 2 N–H and O–H groups in total. The first-order chi connectivity index (χ1) is 9.88. The van der Waals surface area contributed by atoms with Gasteiger partial charge in [0.2, 0.25) is 5.91 Å². The fourth-order valence-electron chi connectivity index (χ4n) is 2.07. The molecule has 0 atom stereocenters. The lowest BCUT2D eigenvalue weighted by molar-refractivity contribution is -0.131. The van der Waals surface area contributed by atoms with Crippen LogP contribution in [0.1, 0.15) is 17.0 Å². The Kier molecular flexibility index (Phi) is 4.26. The van der Waals surface area contributed by atoms with E-state index in [0.717, 1.165) is 17.0 Å². The Bertz CT molecular complexity index is 648. The molecule has 0 aliphatic carbocycles. The van der Waals surface area contributed by atoms with Gasteiger partial charge in [0.25, 0.3) is 0 Å². The van der Waals surface area contributed by atoms with E-state index >= 15 is 0 Å². The number of anilines is 1. The van der Waals surface area contributed by atoms with Crippen LogP contribution in [0.2, 0.25) is 0 Å². The minimum absolute atomic E-state index is 0.0788. The molecule has 0 saturated heterocycles. The van der Waals surface area contributed by atoms with Gasteiger partial charge in [-0.3, -0.25) is 9.48 Å². The molecule has 1 aromatic carbocycles. The first-order valence-corrected chi connectivity index (χ1v) is 6.66. The number of benzene rings is 1. The van der Waals surface area contributed by atoms with Crippen molar-refractivity contribution in [3.63, 3.8) is 0 Å². The van der Waals surface area contributed by atoms with E-state index in [1.54, 1.807) is 28.8 Å². The molecule has 2 rings (SSSR count). The molecule has 1 amide bonds. The van der Waals surface area contributed by atoms with Crippen LogP contribution in [0.4, 0.5) is 10.1 Å². The number of nitrogens with zero attached hydrogens (tertiary/aromatic N) is 3. The van der Waals surface area contributed by atoms with E-state index in [4.69, 9.17) is 5.73 Å². The van der Waals surface area contributed by atoms with Crippen LogP contribution in [0.15, 0.2) is 24.3 Å². The zero-order chi connectivity index (χ0) is 15.6. The number of hydrogen-bond donors (Lipinski definition) is 1. The van der Waals surface area contributed by atoms with Crippen LogP contribution in [-0.4, -0.2) is 27.6 Å². The number of aryl methyl sites for hydroxylation is 1. The van der Waals surface area contributed by atoms with Gasteiger partial charge in [0.1, 0.15) is 12.4 Å². The Labute approximate surface area is 123 Å². The highest BCUT2D eigenvalue weighted by Crippen LogP contribution is 2.15. The molecule has 1 heterocycles. The highest BCUT2D eigenvalue weighted by molar-refractivity contribution is 5.76. The number of likely N-dealkylation sites (N-methyl/N-ethyl adjacent to an activating group) is 1. The highest BCUT2D eigenvalue weighted by Gasteiger charge is 2.14. The Balaban J connectivity index is 2.02. The minimum Gasteiger partial charge on any atom is -0.396 e. The third-order valence-electron chi connectivity index (χ3n) is 3.48. The number of nitrogens with two attached hydrogens (primary N) is 1. The molecule has 21 heavy (non-hydrogen) atoms. The van der Waals surface area contributed by atoms with E-state index in [9.17, 15) is 9.18 Å². The summed E-state index contributed by atoms with van der Waals surface area (Å²) in [5, 5.41) is 4.25. The second kappa shape index (κ2) is 5.95. The maximum Gasteiger partial charge on any atom is 0.244 e. The number of rotatable bonds is 4. The van der Waals surface area contributed by atoms with Crippen molar-refractivity contribution < 1.29 is 9.18 Å². The van der Waals surface area contributed by atoms with E-state index in [1.807, 2.05) is 13.8 Å². The van der Waals surface area contributed by atoms with Gasteiger partial charge in [-0.25, -0.2) is 4.39 Å². The Morgan fingerprint density at radius 3 is 2.48 bits per heavy atom. The van der Waals surface area contributed by atoms with Crippen LogP contribution in [0.3, 0.4) is 0 Å². The molecule has 0 fully saturated rings. The highest BCUT2D eigenvalue weighted by atomic mass is 19.1. The fraction of sp³-hybridized carbons (Fsp3) is 0.333. The average Bonchev–Trinajstić information content (AvgIpc) is 2.69. The van der Waals surface area contributed by atoms with Crippen LogP contribution < -0.4 is 5.73 Å². The van der Waals surface area contributed by atoms with Gasteiger partial charge in [0.05, 0.1) is 17.1 Å². The predicted octanol–water partition coefficient (Wildman–Crippen LogP) is 1.88. The summed E-state index contributed by atoms with van der Waals surface area (Å²) in [6.45, 7) is 4.21. The molecule has 0 spiro atoms. The third kappa shape index (κ3) is 3.39. The summed E-state index contributed by atoms with van der Waals surface area (Å²) in [5.41, 5.74) is 8.85. The predicted molar refractivity (Wildman–Crippen MR) is 79.0 cm³/mol. The van der Waals surface area contributed by atoms with Gasteiger partial charge in [-0.05, 0) is 31.5 Å². The number of halogens is 1. The molecule has 6 heteroatoms. The molecule has 1 aromatic heterocycles. The molecular weight excluding hydrogens is 271 g/mol.